The number of carboxylic acids is 1. The molecule has 0 aromatic heterocycles. The van der Waals surface area contributed by atoms with Gasteiger partial charge in [-0.3, -0.25) is 4.79 Å². The molecule has 0 amide bonds. The van der Waals surface area contributed by atoms with Crippen molar-refractivity contribution in [2.45, 2.75) is 44.0 Å². The molecule has 0 atom stereocenters. The second-order valence-electron chi connectivity index (χ2n) is 2.59. The van der Waals surface area contributed by atoms with E-state index >= 15 is 0 Å². The van der Waals surface area contributed by atoms with Gasteiger partial charge in [-0.25, -0.2) is 0 Å². The fourth-order valence-corrected chi connectivity index (χ4v) is 4.09. The number of halogens is 2. The average molecular weight is 335 g/mol. The van der Waals surface area contributed by atoms with Gasteiger partial charge in [-0.1, -0.05) is 6.92 Å². The van der Waals surface area contributed by atoms with Crippen molar-refractivity contribution in [3.8, 4) is 0 Å². The molecule has 0 aromatic carbocycles. The fraction of sp³-hybridized carbons (Fsp3) is 0.875. The molecule has 0 aliphatic heterocycles. The van der Waals surface area contributed by atoms with Crippen LogP contribution in [0.5, 0.6) is 0 Å². The van der Waals surface area contributed by atoms with E-state index in [0.717, 1.165) is 10.9 Å². The zero-order valence-corrected chi connectivity index (χ0v) is 12.5. The Hall–Kier alpha value is 0.849. The van der Waals surface area contributed by atoms with E-state index in [1.54, 1.807) is 0 Å². The molecule has 1 N–H and O–H groups in total. The maximum atomic E-state index is 9.60. The van der Waals surface area contributed by atoms with Gasteiger partial charge in [-0.05, 0) is 6.42 Å². The molecule has 79 valence electrons. The van der Waals surface area contributed by atoms with Crippen molar-refractivity contribution in [1.29, 1.82) is 0 Å². The van der Waals surface area contributed by atoms with Gasteiger partial charge in [0.25, 0.3) is 0 Å². The zero-order valence-electron chi connectivity index (χ0n) is 8.15. The summed E-state index contributed by atoms with van der Waals surface area (Å²) >= 11 is -1.70. The molecule has 0 heterocycles. The zero-order chi connectivity index (χ0) is 10.7. The van der Waals surface area contributed by atoms with Gasteiger partial charge in [0, 0.05) is 6.42 Å². The predicted molar refractivity (Wildman–Crippen MR) is 59.7 cm³/mol. The Morgan fingerprint density at radius 1 is 1.31 bits per heavy atom. The van der Waals surface area contributed by atoms with E-state index in [0.29, 0.717) is 6.42 Å². The quantitative estimate of drug-likeness (QED) is 0.780. The molecule has 1 radical (unpaired) electrons. The van der Waals surface area contributed by atoms with Gasteiger partial charge < -0.3 is 5.11 Å². The first-order valence-corrected chi connectivity index (χ1v) is 13.7. The van der Waals surface area contributed by atoms with Crippen LogP contribution >= 0.6 is 17.8 Å². The van der Waals surface area contributed by atoms with E-state index in [1.165, 1.54) is 12.8 Å². The molecule has 0 spiro atoms. The minimum absolute atomic E-state index is 0.292. The normalized spacial score (nSPS) is 9.31. The number of hydrogen-bond donors (Lipinski definition) is 1. The number of aliphatic carboxylic acids is 1. The molecule has 0 aliphatic carbocycles. The number of hydrogen-bond acceptors (Lipinski definition) is 1. The molecular formula is C8H17Cl2O2Sn. The molecule has 0 aliphatic rings. The van der Waals surface area contributed by atoms with Gasteiger partial charge in [0.05, 0.1) is 0 Å². The molecule has 0 aromatic rings. The molecule has 0 saturated carbocycles. The summed E-state index contributed by atoms with van der Waals surface area (Å²) in [5.74, 6) is -0.711. The molecular weight excluding hydrogens is 318 g/mol. The Morgan fingerprint density at radius 3 is 1.92 bits per heavy atom. The van der Waals surface area contributed by atoms with Crippen LogP contribution in [0.2, 0.25) is 4.44 Å². The van der Waals surface area contributed by atoms with Crippen molar-refractivity contribution in [2.24, 2.45) is 0 Å². The number of rotatable bonds is 5. The first-order valence-electron chi connectivity index (χ1n) is 4.43. The molecule has 5 heteroatoms. The number of carboxylic acid groups (broad SMARTS) is 1. The SMILES string of the molecule is CCCC(=O)O.CCC[CH2][Sn]([Cl])[Cl]. The van der Waals surface area contributed by atoms with Gasteiger partial charge in [0.15, 0.2) is 0 Å². The standard InChI is InChI=1S/C4H8O2.C4H9.2ClH.Sn/c1-2-3-4(5)6;1-3-4-2;;;/h2-3H2,1H3,(H,5,6);1,3-4H2,2H3;2*1H;/q;;;;+2/p-2. The predicted octanol–water partition coefficient (Wildman–Crippen LogP) is 3.62. The summed E-state index contributed by atoms with van der Waals surface area (Å²) in [4.78, 5) is 9.60. The van der Waals surface area contributed by atoms with E-state index in [4.69, 9.17) is 22.9 Å². The van der Waals surface area contributed by atoms with Crippen LogP contribution in [-0.4, -0.2) is 28.6 Å². The summed E-state index contributed by atoms with van der Waals surface area (Å²) < 4.78 is 1.13. The summed E-state index contributed by atoms with van der Waals surface area (Å²) in [6.45, 7) is 3.99. The van der Waals surface area contributed by atoms with Gasteiger partial charge in [-0.2, -0.15) is 0 Å². The van der Waals surface area contributed by atoms with E-state index in [2.05, 4.69) is 6.92 Å². The van der Waals surface area contributed by atoms with Gasteiger partial charge in [0.1, 0.15) is 0 Å². The molecule has 13 heavy (non-hydrogen) atoms. The van der Waals surface area contributed by atoms with Crippen LogP contribution in [0.3, 0.4) is 0 Å². The van der Waals surface area contributed by atoms with Gasteiger partial charge in [-0.15, -0.1) is 0 Å². The van der Waals surface area contributed by atoms with Crippen molar-refractivity contribution in [1.82, 2.24) is 0 Å². The van der Waals surface area contributed by atoms with Crippen molar-refractivity contribution >= 4 is 41.3 Å². The second kappa shape index (κ2) is 12.8. The van der Waals surface area contributed by atoms with Crippen LogP contribution < -0.4 is 0 Å². The first kappa shape index (κ1) is 16.3. The Labute approximate surface area is 94.8 Å². The van der Waals surface area contributed by atoms with Crippen molar-refractivity contribution in [2.75, 3.05) is 0 Å². The summed E-state index contributed by atoms with van der Waals surface area (Å²) in [5.41, 5.74) is 0. The van der Waals surface area contributed by atoms with Crippen LogP contribution in [0, 0.1) is 0 Å². The van der Waals surface area contributed by atoms with Gasteiger partial charge in [0.2, 0.25) is 0 Å². The molecule has 0 unspecified atom stereocenters. The van der Waals surface area contributed by atoms with Crippen molar-refractivity contribution in [3.05, 3.63) is 0 Å². The van der Waals surface area contributed by atoms with Crippen LogP contribution in [0.1, 0.15) is 39.5 Å². The van der Waals surface area contributed by atoms with E-state index in [9.17, 15) is 4.79 Å². The molecule has 2 nitrogen and oxygen atoms in total. The molecule has 0 rings (SSSR count). The van der Waals surface area contributed by atoms with Crippen LogP contribution in [-0.2, 0) is 4.79 Å². The van der Waals surface area contributed by atoms with E-state index < -0.39 is 23.5 Å². The third kappa shape index (κ3) is 24.5. The topological polar surface area (TPSA) is 37.3 Å². The fourth-order valence-electron chi connectivity index (χ4n) is 0.524. The second-order valence-corrected chi connectivity index (χ2v) is 13.4. The molecule has 0 fully saturated rings. The Morgan fingerprint density at radius 2 is 1.85 bits per heavy atom. The first-order chi connectivity index (χ1) is 6.04. The third-order valence-corrected chi connectivity index (χ3v) is 5.81. The Balaban J connectivity index is 0. The number of carbonyl (C=O) groups is 1. The van der Waals surface area contributed by atoms with Gasteiger partial charge >= 0.3 is 65.5 Å². The van der Waals surface area contributed by atoms with Crippen LogP contribution in [0.15, 0.2) is 0 Å². The van der Waals surface area contributed by atoms with Crippen LogP contribution in [0.25, 0.3) is 0 Å². The van der Waals surface area contributed by atoms with Crippen molar-refractivity contribution < 1.29 is 9.90 Å². The Kier molecular flexibility index (Phi) is 16.1. The molecule has 0 saturated heterocycles. The van der Waals surface area contributed by atoms with E-state index in [1.807, 2.05) is 6.92 Å². The average Bonchev–Trinajstić information content (AvgIpc) is 2.01. The summed E-state index contributed by atoms with van der Waals surface area (Å²) in [7, 11) is 11.2. The summed E-state index contributed by atoms with van der Waals surface area (Å²) in [6.07, 6.45) is 3.47. The minimum atomic E-state index is -1.70. The summed E-state index contributed by atoms with van der Waals surface area (Å²) in [6, 6.07) is 0. The van der Waals surface area contributed by atoms with Crippen LogP contribution in [0.4, 0.5) is 0 Å². The summed E-state index contributed by atoms with van der Waals surface area (Å²) in [5, 5.41) is 7.91. The van der Waals surface area contributed by atoms with Crippen molar-refractivity contribution in [3.63, 3.8) is 0 Å². The molecule has 0 bridgehead atoms. The number of unbranched alkanes of at least 4 members (excludes halogenated alkanes) is 1. The van der Waals surface area contributed by atoms with E-state index in [-0.39, 0.29) is 0 Å². The third-order valence-electron chi connectivity index (χ3n) is 1.18. The monoisotopic (exact) mass is 335 g/mol. The maximum absolute atomic E-state index is 9.60. The Bertz CT molecular complexity index is 121.